The van der Waals surface area contributed by atoms with Gasteiger partial charge in [0, 0.05) is 6.54 Å². The van der Waals surface area contributed by atoms with Crippen LogP contribution in [0.5, 0.6) is 0 Å². The minimum atomic E-state index is 0.521. The van der Waals surface area contributed by atoms with Gasteiger partial charge >= 0.3 is 0 Å². The standard InChI is InChI=1S/C14H18N2S/c1-2-3-9-13-16-12(10-15)14(17-13)11-7-5-4-6-8-11/h4-8H,2-3,9-10,15H2,1H3. The fourth-order valence-corrected chi connectivity index (χ4v) is 2.93. The molecule has 0 amide bonds. The summed E-state index contributed by atoms with van der Waals surface area (Å²) in [6.45, 7) is 2.72. The van der Waals surface area contributed by atoms with Gasteiger partial charge in [0.05, 0.1) is 15.6 Å². The molecular formula is C14H18N2S. The highest BCUT2D eigenvalue weighted by Crippen LogP contribution is 2.30. The third-order valence-electron chi connectivity index (χ3n) is 2.72. The third kappa shape index (κ3) is 2.93. The van der Waals surface area contributed by atoms with Crippen molar-refractivity contribution in [3.63, 3.8) is 0 Å². The second-order valence-electron chi connectivity index (χ2n) is 4.06. The summed E-state index contributed by atoms with van der Waals surface area (Å²) in [5.41, 5.74) is 8.04. The Hall–Kier alpha value is -1.19. The summed E-state index contributed by atoms with van der Waals surface area (Å²) < 4.78 is 0. The zero-order valence-electron chi connectivity index (χ0n) is 10.1. The van der Waals surface area contributed by atoms with Crippen LogP contribution in [0.3, 0.4) is 0 Å². The molecule has 0 atom stereocenters. The molecule has 0 radical (unpaired) electrons. The van der Waals surface area contributed by atoms with Crippen molar-refractivity contribution in [1.29, 1.82) is 0 Å². The van der Waals surface area contributed by atoms with Gasteiger partial charge < -0.3 is 5.73 Å². The number of hydrogen-bond donors (Lipinski definition) is 1. The molecular weight excluding hydrogens is 228 g/mol. The second-order valence-corrected chi connectivity index (χ2v) is 5.14. The highest BCUT2D eigenvalue weighted by Gasteiger charge is 2.11. The van der Waals surface area contributed by atoms with Crippen molar-refractivity contribution in [2.24, 2.45) is 5.73 Å². The van der Waals surface area contributed by atoms with E-state index in [1.807, 2.05) is 6.07 Å². The van der Waals surface area contributed by atoms with Crippen molar-refractivity contribution in [2.45, 2.75) is 32.7 Å². The van der Waals surface area contributed by atoms with Gasteiger partial charge in [0.15, 0.2) is 0 Å². The Labute approximate surface area is 107 Å². The van der Waals surface area contributed by atoms with Gasteiger partial charge in [0.1, 0.15) is 0 Å². The van der Waals surface area contributed by atoms with Crippen molar-refractivity contribution >= 4 is 11.3 Å². The molecule has 1 aromatic heterocycles. The van der Waals surface area contributed by atoms with E-state index in [0.29, 0.717) is 6.54 Å². The van der Waals surface area contributed by atoms with Crippen molar-refractivity contribution in [1.82, 2.24) is 4.98 Å². The normalized spacial score (nSPS) is 10.7. The van der Waals surface area contributed by atoms with Gasteiger partial charge in [-0.2, -0.15) is 0 Å². The maximum absolute atomic E-state index is 5.77. The van der Waals surface area contributed by atoms with Gasteiger partial charge in [0.2, 0.25) is 0 Å². The number of aromatic nitrogens is 1. The van der Waals surface area contributed by atoms with E-state index in [0.717, 1.165) is 12.1 Å². The Balaban J connectivity index is 2.30. The van der Waals surface area contributed by atoms with E-state index in [1.165, 1.54) is 28.3 Å². The maximum atomic E-state index is 5.77. The lowest BCUT2D eigenvalue weighted by Crippen LogP contribution is -1.98. The lowest BCUT2D eigenvalue weighted by molar-refractivity contribution is 0.785. The number of unbranched alkanes of at least 4 members (excludes halogenated alkanes) is 1. The minimum Gasteiger partial charge on any atom is -0.325 e. The first-order valence-electron chi connectivity index (χ1n) is 6.09. The van der Waals surface area contributed by atoms with Crippen LogP contribution in [0.4, 0.5) is 0 Å². The van der Waals surface area contributed by atoms with Crippen LogP contribution in [-0.2, 0) is 13.0 Å². The second kappa shape index (κ2) is 5.94. The van der Waals surface area contributed by atoms with Crippen LogP contribution in [-0.4, -0.2) is 4.98 Å². The monoisotopic (exact) mass is 246 g/mol. The molecule has 0 saturated heterocycles. The van der Waals surface area contributed by atoms with Crippen molar-refractivity contribution in [2.75, 3.05) is 0 Å². The van der Waals surface area contributed by atoms with Gasteiger partial charge in [-0.25, -0.2) is 4.98 Å². The fourth-order valence-electron chi connectivity index (χ4n) is 1.79. The third-order valence-corrected chi connectivity index (χ3v) is 3.92. The van der Waals surface area contributed by atoms with Crippen LogP contribution in [0.2, 0.25) is 0 Å². The van der Waals surface area contributed by atoms with Crippen molar-refractivity contribution < 1.29 is 0 Å². The number of benzene rings is 1. The van der Waals surface area contributed by atoms with Gasteiger partial charge in [0.25, 0.3) is 0 Å². The lowest BCUT2D eigenvalue weighted by atomic mass is 10.1. The average molecular weight is 246 g/mol. The first-order valence-corrected chi connectivity index (χ1v) is 6.91. The maximum Gasteiger partial charge on any atom is 0.0935 e. The van der Waals surface area contributed by atoms with Gasteiger partial charge in [-0.1, -0.05) is 43.7 Å². The molecule has 0 spiro atoms. The molecule has 0 unspecified atom stereocenters. The Morgan fingerprint density at radius 2 is 2.00 bits per heavy atom. The number of rotatable bonds is 5. The predicted molar refractivity (Wildman–Crippen MR) is 74.1 cm³/mol. The molecule has 0 aliphatic heterocycles. The molecule has 0 aliphatic carbocycles. The first-order chi connectivity index (χ1) is 8.35. The van der Waals surface area contributed by atoms with Crippen molar-refractivity contribution in [3.05, 3.63) is 41.0 Å². The van der Waals surface area contributed by atoms with Crippen LogP contribution in [0.1, 0.15) is 30.5 Å². The van der Waals surface area contributed by atoms with E-state index < -0.39 is 0 Å². The summed E-state index contributed by atoms with van der Waals surface area (Å²) in [6.07, 6.45) is 3.48. The van der Waals surface area contributed by atoms with E-state index >= 15 is 0 Å². The number of aryl methyl sites for hydroxylation is 1. The smallest absolute Gasteiger partial charge is 0.0935 e. The zero-order chi connectivity index (χ0) is 12.1. The average Bonchev–Trinajstić information content (AvgIpc) is 2.80. The number of nitrogens with two attached hydrogens (primary N) is 1. The molecule has 2 N–H and O–H groups in total. The number of nitrogens with zero attached hydrogens (tertiary/aromatic N) is 1. The molecule has 0 bridgehead atoms. The summed E-state index contributed by atoms with van der Waals surface area (Å²) in [4.78, 5) is 5.87. The Kier molecular flexibility index (Phi) is 4.29. The lowest BCUT2D eigenvalue weighted by Gasteiger charge is -1.98. The van der Waals surface area contributed by atoms with Crippen LogP contribution >= 0.6 is 11.3 Å². The van der Waals surface area contributed by atoms with E-state index in [1.54, 1.807) is 11.3 Å². The van der Waals surface area contributed by atoms with Gasteiger partial charge in [-0.05, 0) is 18.4 Å². The molecule has 1 aromatic carbocycles. The molecule has 2 aromatic rings. The summed E-state index contributed by atoms with van der Waals surface area (Å²) in [6, 6.07) is 10.4. The largest absolute Gasteiger partial charge is 0.325 e. The molecule has 17 heavy (non-hydrogen) atoms. The van der Waals surface area contributed by atoms with Crippen molar-refractivity contribution in [3.8, 4) is 10.4 Å². The molecule has 2 rings (SSSR count). The van der Waals surface area contributed by atoms with E-state index in [4.69, 9.17) is 5.73 Å². The zero-order valence-corrected chi connectivity index (χ0v) is 11.0. The highest BCUT2D eigenvalue weighted by molar-refractivity contribution is 7.15. The summed E-state index contributed by atoms with van der Waals surface area (Å²) >= 11 is 1.79. The van der Waals surface area contributed by atoms with Crippen LogP contribution in [0.15, 0.2) is 30.3 Å². The summed E-state index contributed by atoms with van der Waals surface area (Å²) in [5.74, 6) is 0. The van der Waals surface area contributed by atoms with E-state index in [9.17, 15) is 0 Å². The number of thiazole rings is 1. The molecule has 0 saturated carbocycles. The topological polar surface area (TPSA) is 38.9 Å². The Morgan fingerprint density at radius 3 is 2.65 bits per heavy atom. The van der Waals surface area contributed by atoms with Gasteiger partial charge in [-0.3, -0.25) is 0 Å². The molecule has 3 heteroatoms. The molecule has 0 aliphatic rings. The van der Waals surface area contributed by atoms with Crippen LogP contribution < -0.4 is 5.73 Å². The molecule has 90 valence electrons. The van der Waals surface area contributed by atoms with Gasteiger partial charge in [-0.15, -0.1) is 11.3 Å². The molecule has 1 heterocycles. The van der Waals surface area contributed by atoms with Crippen LogP contribution in [0.25, 0.3) is 10.4 Å². The molecule has 0 fully saturated rings. The summed E-state index contributed by atoms with van der Waals surface area (Å²) in [7, 11) is 0. The minimum absolute atomic E-state index is 0.521. The molecule has 2 nitrogen and oxygen atoms in total. The Bertz CT molecular complexity index is 462. The highest BCUT2D eigenvalue weighted by atomic mass is 32.1. The quantitative estimate of drug-likeness (QED) is 0.875. The fraction of sp³-hybridized carbons (Fsp3) is 0.357. The number of hydrogen-bond acceptors (Lipinski definition) is 3. The Morgan fingerprint density at radius 1 is 1.24 bits per heavy atom. The van der Waals surface area contributed by atoms with Crippen LogP contribution in [0, 0.1) is 0 Å². The van der Waals surface area contributed by atoms with E-state index in [2.05, 4.69) is 36.2 Å². The SMILES string of the molecule is CCCCc1nc(CN)c(-c2ccccc2)s1. The van der Waals surface area contributed by atoms with E-state index in [-0.39, 0.29) is 0 Å². The summed E-state index contributed by atoms with van der Waals surface area (Å²) in [5, 5.41) is 1.21. The predicted octanol–water partition coefficient (Wildman–Crippen LogP) is 3.61. The first kappa shape index (κ1) is 12.3.